The first-order valence-corrected chi connectivity index (χ1v) is 7.63. The molecule has 114 valence electrons. The molecule has 1 rings (SSSR count). The number of benzene rings is 1. The number of nitrogens with two attached hydrogens (primary N) is 1. The van der Waals surface area contributed by atoms with Gasteiger partial charge in [-0.3, -0.25) is 4.79 Å². The van der Waals surface area contributed by atoms with Crippen LogP contribution in [0.4, 0.5) is 4.39 Å². The van der Waals surface area contributed by atoms with Crippen molar-refractivity contribution in [2.45, 2.75) is 24.3 Å². The zero-order valence-corrected chi connectivity index (χ0v) is 12.9. The second-order valence-corrected chi connectivity index (χ2v) is 6.27. The number of sulfone groups is 1. The van der Waals surface area contributed by atoms with E-state index in [9.17, 15) is 17.6 Å². The summed E-state index contributed by atoms with van der Waals surface area (Å²) >= 11 is 0. The third-order valence-electron chi connectivity index (χ3n) is 2.60. The lowest BCUT2D eigenvalue weighted by Crippen LogP contribution is -2.28. The number of rotatable bonds is 5. The van der Waals surface area contributed by atoms with E-state index in [0.717, 1.165) is 12.3 Å². The van der Waals surface area contributed by atoms with Crippen molar-refractivity contribution in [2.24, 2.45) is 5.73 Å². The Kier molecular flexibility index (Phi) is 7.12. The molecule has 5 nitrogen and oxygen atoms in total. The molecule has 0 radical (unpaired) electrons. The smallest absolute Gasteiger partial charge is 0.221 e. The van der Waals surface area contributed by atoms with Gasteiger partial charge >= 0.3 is 0 Å². The predicted octanol–water partition coefficient (Wildman–Crippen LogP) is 1.18. The summed E-state index contributed by atoms with van der Waals surface area (Å²) in [6.07, 6.45) is 1.13. The average molecular weight is 325 g/mol. The minimum absolute atomic E-state index is 0. The highest BCUT2D eigenvalue weighted by molar-refractivity contribution is 7.90. The van der Waals surface area contributed by atoms with Gasteiger partial charge in [-0.15, -0.1) is 12.4 Å². The number of hydrogen-bond acceptors (Lipinski definition) is 4. The Bertz CT molecular complexity index is 578. The molecular formula is C12H18ClFN2O3S. The molecule has 1 aromatic rings. The number of amides is 1. The van der Waals surface area contributed by atoms with Crippen LogP contribution in [-0.2, 0) is 14.6 Å². The van der Waals surface area contributed by atoms with Crippen molar-refractivity contribution in [3.05, 3.63) is 29.6 Å². The molecule has 0 bridgehead atoms. The quantitative estimate of drug-likeness (QED) is 0.851. The minimum atomic E-state index is -3.59. The van der Waals surface area contributed by atoms with E-state index in [4.69, 9.17) is 5.73 Å². The zero-order chi connectivity index (χ0) is 14.6. The molecule has 8 heteroatoms. The van der Waals surface area contributed by atoms with Crippen LogP contribution in [0.25, 0.3) is 0 Å². The molecular weight excluding hydrogens is 307 g/mol. The van der Waals surface area contributed by atoms with Crippen molar-refractivity contribution < 1.29 is 17.6 Å². The Morgan fingerprint density at radius 1 is 1.45 bits per heavy atom. The normalized spacial score (nSPS) is 12.4. The lowest BCUT2D eigenvalue weighted by molar-refractivity contribution is -0.121. The maximum absolute atomic E-state index is 13.7. The van der Waals surface area contributed by atoms with Crippen LogP contribution in [0.1, 0.15) is 24.9 Å². The monoisotopic (exact) mass is 324 g/mol. The molecule has 1 aromatic carbocycles. The van der Waals surface area contributed by atoms with Gasteiger partial charge in [0.25, 0.3) is 0 Å². The third kappa shape index (κ3) is 5.07. The molecule has 0 fully saturated rings. The molecule has 1 unspecified atom stereocenters. The van der Waals surface area contributed by atoms with Crippen molar-refractivity contribution in [3.63, 3.8) is 0 Å². The summed E-state index contributed by atoms with van der Waals surface area (Å²) in [6.45, 7) is 1.92. The highest BCUT2D eigenvalue weighted by Gasteiger charge is 2.16. The molecule has 0 saturated heterocycles. The fraction of sp³-hybridized carbons (Fsp3) is 0.417. The summed E-state index contributed by atoms with van der Waals surface area (Å²) in [7, 11) is -3.59. The van der Waals surface area contributed by atoms with Crippen LogP contribution in [0.2, 0.25) is 0 Å². The van der Waals surface area contributed by atoms with Crippen LogP contribution in [0.5, 0.6) is 0 Å². The van der Waals surface area contributed by atoms with Gasteiger partial charge in [-0.1, -0.05) is 6.07 Å². The van der Waals surface area contributed by atoms with Crippen LogP contribution in [0.15, 0.2) is 23.1 Å². The zero-order valence-electron chi connectivity index (χ0n) is 11.2. The van der Waals surface area contributed by atoms with E-state index in [2.05, 4.69) is 5.32 Å². The molecule has 0 aliphatic heterocycles. The van der Waals surface area contributed by atoms with Gasteiger partial charge in [0.1, 0.15) is 10.7 Å². The first kappa shape index (κ1) is 18.8. The fourth-order valence-corrected chi connectivity index (χ4v) is 2.34. The molecule has 0 spiro atoms. The van der Waals surface area contributed by atoms with Crippen molar-refractivity contribution >= 4 is 28.2 Å². The van der Waals surface area contributed by atoms with E-state index in [1.807, 2.05) is 0 Å². The second kappa shape index (κ2) is 7.56. The Hall–Kier alpha value is -1.18. The summed E-state index contributed by atoms with van der Waals surface area (Å²) < 4.78 is 36.2. The van der Waals surface area contributed by atoms with E-state index in [1.165, 1.54) is 12.1 Å². The lowest BCUT2D eigenvalue weighted by Gasteiger charge is -2.15. The molecule has 0 heterocycles. The number of hydrogen-bond donors (Lipinski definition) is 2. The first-order valence-electron chi connectivity index (χ1n) is 5.74. The van der Waals surface area contributed by atoms with Crippen molar-refractivity contribution in [3.8, 4) is 0 Å². The number of halogens is 2. The van der Waals surface area contributed by atoms with E-state index in [0.29, 0.717) is 5.56 Å². The molecule has 20 heavy (non-hydrogen) atoms. The van der Waals surface area contributed by atoms with E-state index in [-0.39, 0.29) is 36.2 Å². The molecule has 0 aromatic heterocycles. The van der Waals surface area contributed by atoms with Gasteiger partial charge < -0.3 is 11.1 Å². The van der Waals surface area contributed by atoms with Crippen LogP contribution >= 0.6 is 12.4 Å². The first-order chi connectivity index (χ1) is 8.75. The van der Waals surface area contributed by atoms with E-state index < -0.39 is 21.7 Å². The summed E-state index contributed by atoms with van der Waals surface area (Å²) in [5.41, 5.74) is 5.74. The van der Waals surface area contributed by atoms with E-state index >= 15 is 0 Å². The minimum Gasteiger partial charge on any atom is -0.350 e. The summed E-state index contributed by atoms with van der Waals surface area (Å²) in [6, 6.07) is 3.38. The summed E-state index contributed by atoms with van der Waals surface area (Å²) in [4.78, 5) is 11.0. The molecule has 1 amide bonds. The Morgan fingerprint density at radius 3 is 2.50 bits per heavy atom. The molecule has 0 saturated carbocycles. The maximum atomic E-state index is 13.7. The topological polar surface area (TPSA) is 89.3 Å². The highest BCUT2D eigenvalue weighted by atomic mass is 35.5. The van der Waals surface area contributed by atoms with Crippen LogP contribution in [0.3, 0.4) is 0 Å². The van der Waals surface area contributed by atoms with Gasteiger partial charge in [0, 0.05) is 19.2 Å². The van der Waals surface area contributed by atoms with Crippen molar-refractivity contribution in [1.82, 2.24) is 5.32 Å². The summed E-state index contributed by atoms with van der Waals surface area (Å²) in [5, 5.41) is 2.65. The maximum Gasteiger partial charge on any atom is 0.221 e. The molecule has 3 N–H and O–H groups in total. The lowest BCUT2D eigenvalue weighted by atomic mass is 10.1. The van der Waals surface area contributed by atoms with Crippen LogP contribution in [-0.4, -0.2) is 27.1 Å². The van der Waals surface area contributed by atoms with Gasteiger partial charge in [-0.05, 0) is 24.6 Å². The third-order valence-corrected chi connectivity index (χ3v) is 3.73. The van der Waals surface area contributed by atoms with Crippen molar-refractivity contribution in [1.29, 1.82) is 0 Å². The van der Waals surface area contributed by atoms with Gasteiger partial charge in [0.15, 0.2) is 9.84 Å². The Labute approximate surface area is 124 Å². The van der Waals surface area contributed by atoms with Gasteiger partial charge in [-0.2, -0.15) is 0 Å². The Morgan fingerprint density at radius 2 is 2.05 bits per heavy atom. The van der Waals surface area contributed by atoms with Crippen LogP contribution < -0.4 is 11.1 Å². The summed E-state index contributed by atoms with van der Waals surface area (Å²) in [5.74, 6) is -1.05. The van der Waals surface area contributed by atoms with Gasteiger partial charge in [0.2, 0.25) is 5.91 Å². The standard InChI is InChI=1S/C12H17FN2O3S.ClH/c1-8(15-12(16)5-6-14)9-3-4-11(10(13)7-9)19(2,17)18;/h3-4,7-8H,5-6,14H2,1-2H3,(H,15,16);1H. The van der Waals surface area contributed by atoms with Gasteiger partial charge in [-0.25, -0.2) is 12.8 Å². The largest absolute Gasteiger partial charge is 0.350 e. The molecule has 0 aliphatic rings. The SMILES string of the molecule is CC(NC(=O)CCN)c1ccc(S(C)(=O)=O)c(F)c1.Cl. The average Bonchev–Trinajstić information content (AvgIpc) is 2.27. The van der Waals surface area contributed by atoms with Crippen molar-refractivity contribution in [2.75, 3.05) is 12.8 Å². The second-order valence-electron chi connectivity index (χ2n) is 4.29. The number of nitrogens with one attached hydrogen (secondary N) is 1. The fourth-order valence-electron chi connectivity index (χ4n) is 1.62. The van der Waals surface area contributed by atoms with Crippen LogP contribution in [0, 0.1) is 5.82 Å². The van der Waals surface area contributed by atoms with E-state index in [1.54, 1.807) is 6.92 Å². The number of carbonyl (C=O) groups excluding carboxylic acids is 1. The molecule has 0 aliphatic carbocycles. The van der Waals surface area contributed by atoms with Gasteiger partial charge in [0.05, 0.1) is 6.04 Å². The highest BCUT2D eigenvalue weighted by Crippen LogP contribution is 2.20. The Balaban J connectivity index is 0.00000361. The number of carbonyl (C=O) groups is 1. The predicted molar refractivity (Wildman–Crippen MR) is 77.0 cm³/mol. The molecule has 1 atom stereocenters.